The van der Waals surface area contributed by atoms with Crippen molar-refractivity contribution < 1.29 is 23.7 Å². The number of aromatic nitrogens is 1. The molecule has 0 saturated heterocycles. The molecule has 1 aliphatic rings. The second kappa shape index (κ2) is 10.8. The zero-order valence-electron chi connectivity index (χ0n) is 22.3. The third kappa shape index (κ3) is 4.59. The molecular formula is C30H28N2O6S. The summed E-state index contributed by atoms with van der Waals surface area (Å²) in [5, 5.41) is 1.74. The molecule has 1 unspecified atom stereocenters. The number of nitrogens with zero attached hydrogens (tertiary/aromatic N) is 2. The van der Waals surface area contributed by atoms with Crippen molar-refractivity contribution in [2.45, 2.75) is 19.9 Å². The highest BCUT2D eigenvalue weighted by molar-refractivity contribution is 7.07. The number of benzene rings is 3. The van der Waals surface area contributed by atoms with Gasteiger partial charge in [0.1, 0.15) is 17.2 Å². The van der Waals surface area contributed by atoms with Crippen LogP contribution in [0.25, 0.3) is 16.8 Å². The van der Waals surface area contributed by atoms with E-state index < -0.39 is 12.0 Å². The monoisotopic (exact) mass is 544 g/mol. The fourth-order valence-corrected chi connectivity index (χ4v) is 5.93. The van der Waals surface area contributed by atoms with Gasteiger partial charge in [0.2, 0.25) is 0 Å². The molecule has 0 bridgehead atoms. The van der Waals surface area contributed by atoms with Crippen molar-refractivity contribution in [1.82, 2.24) is 4.57 Å². The first kappa shape index (κ1) is 26.2. The van der Waals surface area contributed by atoms with Gasteiger partial charge >= 0.3 is 5.97 Å². The molecule has 0 amide bonds. The number of allylic oxidation sites excluding steroid dienone is 1. The maximum atomic E-state index is 14.1. The minimum Gasteiger partial charge on any atom is -0.497 e. The summed E-state index contributed by atoms with van der Waals surface area (Å²) in [4.78, 5) is 32.5. The summed E-state index contributed by atoms with van der Waals surface area (Å²) in [7, 11) is 4.77. The van der Waals surface area contributed by atoms with E-state index in [4.69, 9.17) is 18.9 Å². The molecule has 0 fully saturated rings. The van der Waals surface area contributed by atoms with Crippen LogP contribution < -0.4 is 29.1 Å². The van der Waals surface area contributed by atoms with Gasteiger partial charge in [-0.25, -0.2) is 9.79 Å². The molecule has 1 aliphatic heterocycles. The normalized spacial score (nSPS) is 15.1. The fourth-order valence-electron chi connectivity index (χ4n) is 4.89. The Kier molecular flexibility index (Phi) is 7.26. The number of hydrogen-bond acceptors (Lipinski definition) is 8. The summed E-state index contributed by atoms with van der Waals surface area (Å²) in [6.45, 7) is 3.72. The van der Waals surface area contributed by atoms with E-state index in [1.807, 2.05) is 36.4 Å². The Morgan fingerprint density at radius 2 is 1.72 bits per heavy atom. The van der Waals surface area contributed by atoms with Crippen LogP contribution in [0.1, 0.15) is 31.0 Å². The van der Waals surface area contributed by atoms with Crippen molar-refractivity contribution >= 4 is 34.2 Å². The molecule has 0 radical (unpaired) electrons. The minimum absolute atomic E-state index is 0.200. The van der Waals surface area contributed by atoms with Gasteiger partial charge in [0.25, 0.3) is 5.56 Å². The first-order valence-electron chi connectivity index (χ1n) is 12.4. The number of hydrogen-bond donors (Lipinski definition) is 0. The van der Waals surface area contributed by atoms with Crippen LogP contribution in [0.15, 0.2) is 75.7 Å². The molecule has 2 heterocycles. The molecule has 1 atom stereocenters. The molecule has 0 saturated carbocycles. The van der Waals surface area contributed by atoms with Crippen LogP contribution in [0.3, 0.4) is 0 Å². The van der Waals surface area contributed by atoms with E-state index in [2.05, 4.69) is 4.99 Å². The summed E-state index contributed by atoms with van der Waals surface area (Å²) in [6, 6.07) is 16.2. The van der Waals surface area contributed by atoms with Gasteiger partial charge in [0.15, 0.2) is 4.80 Å². The summed E-state index contributed by atoms with van der Waals surface area (Å²) in [5.74, 6) is 1.43. The topological polar surface area (TPSA) is 88.4 Å². The van der Waals surface area contributed by atoms with Crippen LogP contribution in [0, 0.1) is 0 Å². The maximum absolute atomic E-state index is 14.1. The molecule has 3 aromatic carbocycles. The van der Waals surface area contributed by atoms with Crippen LogP contribution >= 0.6 is 11.3 Å². The zero-order valence-corrected chi connectivity index (χ0v) is 23.1. The Labute approximate surface area is 229 Å². The summed E-state index contributed by atoms with van der Waals surface area (Å²) in [6.07, 6.45) is 1.76. The molecule has 39 heavy (non-hydrogen) atoms. The first-order chi connectivity index (χ1) is 18.9. The van der Waals surface area contributed by atoms with Gasteiger partial charge in [-0.1, -0.05) is 41.7 Å². The molecule has 0 spiro atoms. The molecule has 0 aliphatic carbocycles. The van der Waals surface area contributed by atoms with E-state index in [9.17, 15) is 9.59 Å². The molecule has 200 valence electrons. The Balaban J connectivity index is 1.81. The number of rotatable bonds is 7. The highest BCUT2D eigenvalue weighted by Crippen LogP contribution is 2.38. The number of thiazole rings is 1. The highest BCUT2D eigenvalue weighted by atomic mass is 32.1. The third-order valence-corrected chi connectivity index (χ3v) is 7.66. The standard InChI is InChI=1S/C30H28N2O6S/c1-6-38-29(34)26-17(2)31-30-32(27(26)22-12-14-24(37-5)21-10-8-7-9-20(21)22)28(33)25(39-30)16-18-15-19(35-3)11-13-23(18)36-4/h7-16,27H,6H2,1-5H3. The van der Waals surface area contributed by atoms with Crippen molar-refractivity contribution in [1.29, 1.82) is 0 Å². The van der Waals surface area contributed by atoms with E-state index in [-0.39, 0.29) is 12.2 Å². The average Bonchev–Trinajstić information content (AvgIpc) is 3.25. The number of carbonyl (C=O) groups is 1. The molecule has 1 aromatic heterocycles. The van der Waals surface area contributed by atoms with Gasteiger partial charge < -0.3 is 18.9 Å². The second-order valence-electron chi connectivity index (χ2n) is 8.81. The zero-order chi connectivity index (χ0) is 27.7. The van der Waals surface area contributed by atoms with Gasteiger partial charge in [-0.2, -0.15) is 0 Å². The van der Waals surface area contributed by atoms with Gasteiger partial charge in [-0.15, -0.1) is 0 Å². The predicted molar refractivity (Wildman–Crippen MR) is 150 cm³/mol. The Morgan fingerprint density at radius 3 is 2.41 bits per heavy atom. The van der Waals surface area contributed by atoms with Crippen molar-refractivity contribution in [3.63, 3.8) is 0 Å². The van der Waals surface area contributed by atoms with Gasteiger partial charge in [0.05, 0.1) is 49.8 Å². The number of fused-ring (bicyclic) bond motifs is 2. The third-order valence-electron chi connectivity index (χ3n) is 6.67. The fraction of sp³-hybridized carbons (Fsp3) is 0.233. The van der Waals surface area contributed by atoms with Crippen LogP contribution in [0.5, 0.6) is 17.2 Å². The number of ether oxygens (including phenoxy) is 4. The molecule has 0 N–H and O–H groups in total. The van der Waals surface area contributed by atoms with Crippen LogP contribution in [0.2, 0.25) is 0 Å². The predicted octanol–water partition coefficient (Wildman–Crippen LogP) is 3.98. The van der Waals surface area contributed by atoms with Crippen molar-refractivity contribution in [2.75, 3.05) is 27.9 Å². The largest absolute Gasteiger partial charge is 0.497 e. The molecule has 8 nitrogen and oxygen atoms in total. The Hall–Kier alpha value is -4.37. The average molecular weight is 545 g/mol. The van der Waals surface area contributed by atoms with E-state index in [0.717, 1.165) is 16.3 Å². The molecule has 4 aromatic rings. The van der Waals surface area contributed by atoms with Crippen LogP contribution in [-0.2, 0) is 9.53 Å². The van der Waals surface area contributed by atoms with Gasteiger partial charge in [0, 0.05) is 10.9 Å². The van der Waals surface area contributed by atoms with E-state index in [1.54, 1.807) is 64.0 Å². The minimum atomic E-state index is -0.745. The quantitative estimate of drug-likeness (QED) is 0.327. The smallest absolute Gasteiger partial charge is 0.338 e. The maximum Gasteiger partial charge on any atom is 0.338 e. The van der Waals surface area contributed by atoms with Gasteiger partial charge in [-0.3, -0.25) is 9.36 Å². The molecular weight excluding hydrogens is 516 g/mol. The molecule has 5 rings (SSSR count). The lowest BCUT2D eigenvalue weighted by molar-refractivity contribution is -0.139. The van der Waals surface area contributed by atoms with Crippen molar-refractivity contribution in [2.24, 2.45) is 4.99 Å². The van der Waals surface area contributed by atoms with Crippen LogP contribution in [0.4, 0.5) is 0 Å². The van der Waals surface area contributed by atoms with Crippen LogP contribution in [-0.4, -0.2) is 38.5 Å². The summed E-state index contributed by atoms with van der Waals surface area (Å²) >= 11 is 1.25. The van der Waals surface area contributed by atoms with E-state index in [0.29, 0.717) is 43.4 Å². The summed E-state index contributed by atoms with van der Waals surface area (Å²) in [5.41, 5.74) is 2.02. The van der Waals surface area contributed by atoms with Crippen molar-refractivity contribution in [3.8, 4) is 17.2 Å². The lowest BCUT2D eigenvalue weighted by Crippen LogP contribution is -2.40. The van der Waals surface area contributed by atoms with E-state index in [1.165, 1.54) is 11.3 Å². The lowest BCUT2D eigenvalue weighted by Gasteiger charge is -2.26. The number of esters is 1. The SMILES string of the molecule is CCOC(=O)C1=C(C)N=c2sc(=Cc3cc(OC)ccc3OC)c(=O)n2C1c1ccc(OC)c2ccccc12. The lowest BCUT2D eigenvalue weighted by atomic mass is 9.91. The number of carbonyl (C=O) groups excluding carboxylic acids is 1. The van der Waals surface area contributed by atoms with Gasteiger partial charge in [-0.05, 0) is 55.1 Å². The van der Waals surface area contributed by atoms with E-state index >= 15 is 0 Å². The highest BCUT2D eigenvalue weighted by Gasteiger charge is 2.34. The Morgan fingerprint density at radius 1 is 1.00 bits per heavy atom. The Bertz CT molecular complexity index is 1800. The summed E-state index contributed by atoms with van der Waals surface area (Å²) < 4.78 is 23.9. The second-order valence-corrected chi connectivity index (χ2v) is 9.82. The number of methoxy groups -OCH3 is 3. The first-order valence-corrected chi connectivity index (χ1v) is 13.2. The molecule has 9 heteroatoms. The van der Waals surface area contributed by atoms with Crippen molar-refractivity contribution in [3.05, 3.63) is 96.7 Å².